The summed E-state index contributed by atoms with van der Waals surface area (Å²) < 4.78 is 0. The number of pyridine rings is 1. The standard InChI is InChI=1S/C12H18N2O/c1-14-7-4-12(15)11(9-14)8-10-2-5-13-6-3-10/h2-3,5-6,11-12,15H,4,7-9H2,1H3/t11-,12+/m0/s1. The molecule has 0 amide bonds. The molecule has 82 valence electrons. The lowest BCUT2D eigenvalue weighted by molar-refractivity contribution is 0.0366. The summed E-state index contributed by atoms with van der Waals surface area (Å²) in [5, 5.41) is 9.91. The number of likely N-dealkylation sites (tertiary alicyclic amines) is 1. The molecule has 2 atom stereocenters. The number of hydrogen-bond acceptors (Lipinski definition) is 3. The second kappa shape index (κ2) is 4.73. The zero-order valence-corrected chi connectivity index (χ0v) is 9.13. The molecule has 1 aliphatic rings. The molecule has 2 rings (SSSR count). The molecule has 0 saturated carbocycles. The zero-order chi connectivity index (χ0) is 10.7. The number of rotatable bonds is 2. The summed E-state index contributed by atoms with van der Waals surface area (Å²) in [7, 11) is 2.12. The summed E-state index contributed by atoms with van der Waals surface area (Å²) in [5.74, 6) is 0.367. The van der Waals surface area contributed by atoms with Gasteiger partial charge in [-0.05, 0) is 37.6 Å². The van der Waals surface area contributed by atoms with Gasteiger partial charge in [-0.1, -0.05) is 0 Å². The zero-order valence-electron chi connectivity index (χ0n) is 9.13. The minimum atomic E-state index is -0.144. The van der Waals surface area contributed by atoms with Crippen LogP contribution in [0.4, 0.5) is 0 Å². The first kappa shape index (κ1) is 10.6. The van der Waals surface area contributed by atoms with Crippen molar-refractivity contribution in [2.75, 3.05) is 20.1 Å². The SMILES string of the molecule is CN1CC[C@@H](O)[C@@H](Cc2ccncc2)C1. The highest BCUT2D eigenvalue weighted by molar-refractivity contribution is 5.11. The first-order valence-electron chi connectivity index (χ1n) is 5.51. The molecule has 0 bridgehead atoms. The van der Waals surface area contributed by atoms with Crippen LogP contribution in [0.25, 0.3) is 0 Å². The first-order valence-corrected chi connectivity index (χ1v) is 5.51. The van der Waals surface area contributed by atoms with Gasteiger partial charge in [0.1, 0.15) is 0 Å². The number of hydrogen-bond donors (Lipinski definition) is 1. The largest absolute Gasteiger partial charge is 0.393 e. The van der Waals surface area contributed by atoms with E-state index >= 15 is 0 Å². The van der Waals surface area contributed by atoms with Crippen LogP contribution in [0.1, 0.15) is 12.0 Å². The van der Waals surface area contributed by atoms with Gasteiger partial charge in [-0.3, -0.25) is 4.98 Å². The third kappa shape index (κ3) is 2.76. The minimum absolute atomic E-state index is 0.144. The van der Waals surface area contributed by atoms with Crippen molar-refractivity contribution in [1.29, 1.82) is 0 Å². The van der Waals surface area contributed by atoms with Crippen LogP contribution in [0.2, 0.25) is 0 Å². The first-order chi connectivity index (χ1) is 7.25. The molecule has 2 heterocycles. The van der Waals surface area contributed by atoms with Gasteiger partial charge in [0.15, 0.2) is 0 Å². The molecule has 1 N–H and O–H groups in total. The average molecular weight is 206 g/mol. The summed E-state index contributed by atoms with van der Waals surface area (Å²) in [5.41, 5.74) is 1.27. The Bertz CT molecular complexity index is 302. The molecule has 15 heavy (non-hydrogen) atoms. The summed E-state index contributed by atoms with van der Waals surface area (Å²) in [4.78, 5) is 6.29. The maximum absolute atomic E-state index is 9.91. The molecule has 0 aliphatic carbocycles. The van der Waals surface area contributed by atoms with Gasteiger partial charge in [0.25, 0.3) is 0 Å². The predicted octanol–water partition coefficient (Wildman–Crippen LogP) is 0.937. The number of aromatic nitrogens is 1. The Hall–Kier alpha value is -0.930. The van der Waals surface area contributed by atoms with Gasteiger partial charge < -0.3 is 10.0 Å². The molecular weight excluding hydrogens is 188 g/mol. The van der Waals surface area contributed by atoms with Crippen molar-refractivity contribution >= 4 is 0 Å². The minimum Gasteiger partial charge on any atom is -0.393 e. The highest BCUT2D eigenvalue weighted by atomic mass is 16.3. The Labute approximate surface area is 90.8 Å². The Kier molecular flexibility index (Phi) is 3.34. The predicted molar refractivity (Wildman–Crippen MR) is 59.6 cm³/mol. The summed E-state index contributed by atoms with van der Waals surface area (Å²) >= 11 is 0. The van der Waals surface area contributed by atoms with Crippen molar-refractivity contribution < 1.29 is 5.11 Å². The molecule has 3 nitrogen and oxygen atoms in total. The number of nitrogens with zero attached hydrogens (tertiary/aromatic N) is 2. The lowest BCUT2D eigenvalue weighted by atomic mass is 9.89. The van der Waals surface area contributed by atoms with E-state index in [1.807, 2.05) is 24.5 Å². The molecule has 1 fully saturated rings. The quantitative estimate of drug-likeness (QED) is 0.782. The van der Waals surface area contributed by atoms with Crippen LogP contribution in [0.5, 0.6) is 0 Å². The third-order valence-corrected chi connectivity index (χ3v) is 3.14. The smallest absolute Gasteiger partial charge is 0.0596 e. The van der Waals surface area contributed by atoms with Crippen LogP contribution >= 0.6 is 0 Å². The van der Waals surface area contributed by atoms with Crippen molar-refractivity contribution in [2.45, 2.75) is 18.9 Å². The van der Waals surface area contributed by atoms with Crippen LogP contribution in [0, 0.1) is 5.92 Å². The second-order valence-electron chi connectivity index (χ2n) is 4.44. The summed E-state index contributed by atoms with van der Waals surface area (Å²) in [6.45, 7) is 2.00. The maximum Gasteiger partial charge on any atom is 0.0596 e. The maximum atomic E-state index is 9.91. The van der Waals surface area contributed by atoms with Gasteiger partial charge in [-0.15, -0.1) is 0 Å². The van der Waals surface area contributed by atoms with E-state index in [2.05, 4.69) is 16.9 Å². The van der Waals surface area contributed by atoms with E-state index in [0.29, 0.717) is 5.92 Å². The van der Waals surface area contributed by atoms with Crippen LogP contribution in [0.15, 0.2) is 24.5 Å². The van der Waals surface area contributed by atoms with E-state index in [1.165, 1.54) is 5.56 Å². The molecule has 0 radical (unpaired) electrons. The van der Waals surface area contributed by atoms with Crippen molar-refractivity contribution in [1.82, 2.24) is 9.88 Å². The lowest BCUT2D eigenvalue weighted by Crippen LogP contribution is -2.41. The summed E-state index contributed by atoms with van der Waals surface area (Å²) in [6, 6.07) is 4.06. The van der Waals surface area contributed by atoms with Crippen molar-refractivity contribution in [3.8, 4) is 0 Å². The van der Waals surface area contributed by atoms with Crippen LogP contribution < -0.4 is 0 Å². The molecule has 1 saturated heterocycles. The Morgan fingerprint density at radius 1 is 1.47 bits per heavy atom. The molecule has 1 aliphatic heterocycles. The van der Waals surface area contributed by atoms with E-state index in [1.54, 1.807) is 0 Å². The fraction of sp³-hybridized carbons (Fsp3) is 0.583. The Morgan fingerprint density at radius 2 is 2.20 bits per heavy atom. The van der Waals surface area contributed by atoms with Crippen molar-refractivity contribution in [2.24, 2.45) is 5.92 Å². The topological polar surface area (TPSA) is 36.4 Å². The number of piperidine rings is 1. The molecule has 1 aromatic rings. The summed E-state index contributed by atoms with van der Waals surface area (Å²) in [6.07, 6.45) is 5.33. The third-order valence-electron chi connectivity index (χ3n) is 3.14. The van der Waals surface area contributed by atoms with Gasteiger partial charge >= 0.3 is 0 Å². The van der Waals surface area contributed by atoms with E-state index < -0.39 is 0 Å². The van der Waals surface area contributed by atoms with E-state index in [4.69, 9.17) is 0 Å². The molecule has 0 spiro atoms. The Morgan fingerprint density at radius 3 is 2.93 bits per heavy atom. The lowest BCUT2D eigenvalue weighted by Gasteiger charge is -2.33. The highest BCUT2D eigenvalue weighted by Gasteiger charge is 2.25. The van der Waals surface area contributed by atoms with Crippen LogP contribution in [-0.4, -0.2) is 41.2 Å². The van der Waals surface area contributed by atoms with Gasteiger partial charge in [0.05, 0.1) is 6.10 Å². The fourth-order valence-corrected chi connectivity index (χ4v) is 2.22. The fourth-order valence-electron chi connectivity index (χ4n) is 2.22. The van der Waals surface area contributed by atoms with Crippen molar-refractivity contribution in [3.63, 3.8) is 0 Å². The van der Waals surface area contributed by atoms with E-state index in [9.17, 15) is 5.11 Å². The van der Waals surface area contributed by atoms with Gasteiger partial charge in [0, 0.05) is 31.4 Å². The average Bonchev–Trinajstić information content (AvgIpc) is 2.25. The molecule has 1 aromatic heterocycles. The molecule has 0 unspecified atom stereocenters. The number of aliphatic hydroxyl groups is 1. The van der Waals surface area contributed by atoms with Crippen LogP contribution in [0.3, 0.4) is 0 Å². The number of aliphatic hydroxyl groups excluding tert-OH is 1. The van der Waals surface area contributed by atoms with Gasteiger partial charge in [0.2, 0.25) is 0 Å². The van der Waals surface area contributed by atoms with Gasteiger partial charge in [-0.25, -0.2) is 0 Å². The Balaban J connectivity index is 1.98. The molecule has 3 heteroatoms. The molecule has 0 aromatic carbocycles. The highest BCUT2D eigenvalue weighted by Crippen LogP contribution is 2.20. The van der Waals surface area contributed by atoms with E-state index in [0.717, 1.165) is 25.9 Å². The second-order valence-corrected chi connectivity index (χ2v) is 4.44. The normalized spacial score (nSPS) is 27.9. The van der Waals surface area contributed by atoms with E-state index in [-0.39, 0.29) is 6.10 Å². The monoisotopic (exact) mass is 206 g/mol. The van der Waals surface area contributed by atoms with Gasteiger partial charge in [-0.2, -0.15) is 0 Å². The molecular formula is C12H18N2O. The van der Waals surface area contributed by atoms with Crippen LogP contribution in [-0.2, 0) is 6.42 Å². The van der Waals surface area contributed by atoms with Crippen molar-refractivity contribution in [3.05, 3.63) is 30.1 Å².